The fourth-order valence-corrected chi connectivity index (χ4v) is 4.97. The van der Waals surface area contributed by atoms with E-state index in [0.717, 1.165) is 24.2 Å². The maximum atomic E-state index is 12.2. The summed E-state index contributed by atoms with van der Waals surface area (Å²) in [7, 11) is 1.74. The van der Waals surface area contributed by atoms with Crippen LogP contribution in [0.15, 0.2) is 24.3 Å². The molecule has 0 aliphatic carbocycles. The average molecular weight is 784 g/mol. The molecule has 19 heteroatoms. The van der Waals surface area contributed by atoms with Crippen LogP contribution in [0.2, 0.25) is 0 Å². The highest BCUT2D eigenvalue weighted by molar-refractivity contribution is 7.80. The predicted octanol–water partition coefficient (Wildman–Crippen LogP) is 2.87. The molecule has 0 saturated carbocycles. The third kappa shape index (κ3) is 23.9. The van der Waals surface area contributed by atoms with Crippen LogP contribution in [-0.2, 0) is 24.0 Å². The van der Waals surface area contributed by atoms with E-state index in [9.17, 15) is 39.6 Å². The van der Waals surface area contributed by atoms with Crippen molar-refractivity contribution in [2.75, 3.05) is 56.9 Å². The lowest BCUT2D eigenvalue weighted by atomic mass is 10.2. The van der Waals surface area contributed by atoms with Gasteiger partial charge in [0.2, 0.25) is 29.5 Å². The number of carbonyl (C=O) groups is 5. The lowest BCUT2D eigenvalue weighted by Gasteiger charge is -2.15. The zero-order chi connectivity index (χ0) is 39.4. The molecule has 0 unspecified atom stereocenters. The lowest BCUT2D eigenvalue weighted by Crippen LogP contribution is -2.31. The van der Waals surface area contributed by atoms with Gasteiger partial charge in [-0.05, 0) is 106 Å². The summed E-state index contributed by atoms with van der Waals surface area (Å²) in [6, 6.07) is 7.51. The Morgan fingerprint density at radius 3 is 1.32 bits per heavy atom. The molecule has 1 aromatic rings. The molecule has 0 aromatic heterocycles. The van der Waals surface area contributed by atoms with Crippen molar-refractivity contribution in [1.82, 2.24) is 36.5 Å². The van der Waals surface area contributed by atoms with Crippen LogP contribution in [-0.4, -0.2) is 117 Å². The number of nitrogens with zero attached hydrogens (tertiary/aromatic N) is 3. The van der Waals surface area contributed by atoms with E-state index in [0.29, 0.717) is 90.0 Å². The number of unbranched alkanes of at least 4 members (excludes halogenated alkanes) is 6. The largest absolute Gasteiger partial charge is 0.366 e. The van der Waals surface area contributed by atoms with E-state index < -0.39 is 17.7 Å². The summed E-state index contributed by atoms with van der Waals surface area (Å²) < 4.78 is 0. The number of benzene rings is 1. The van der Waals surface area contributed by atoms with Gasteiger partial charge in [-0.1, -0.05) is 0 Å². The van der Waals surface area contributed by atoms with Crippen molar-refractivity contribution in [2.24, 2.45) is 0 Å². The summed E-state index contributed by atoms with van der Waals surface area (Å²) in [4.78, 5) is 59.3. The fourth-order valence-electron chi connectivity index (χ4n) is 4.64. The number of anilines is 2. The molecule has 1 aromatic carbocycles. The summed E-state index contributed by atoms with van der Waals surface area (Å²) in [5.74, 6) is -2.12. The van der Waals surface area contributed by atoms with E-state index in [2.05, 4.69) is 31.9 Å². The van der Waals surface area contributed by atoms with Crippen LogP contribution >= 0.6 is 24.4 Å². The Bertz CT molecular complexity index is 1310. The number of carbonyl (C=O) groups excluding carboxylic acids is 5. The number of hydrogen-bond donors (Lipinski definition) is 9. The normalized spacial score (nSPS) is 10.4. The van der Waals surface area contributed by atoms with E-state index >= 15 is 0 Å². The fraction of sp³-hybridized carbons (Fsp3) is 0.618. The summed E-state index contributed by atoms with van der Waals surface area (Å²) in [5.41, 5.74) is 1.68. The number of rotatable bonds is 26. The Labute approximate surface area is 322 Å². The van der Waals surface area contributed by atoms with Crippen molar-refractivity contribution in [3.63, 3.8) is 0 Å². The standard InChI is InChI=1S/C34H57N9O8S2/c1-26(44)41(49)23-9-3-6-20-36-29(45)16-18-31(47)42(50)24-10-4-7-21-37-30(46)17-19-32(48)43(51)25-11-5-8-22-38-34(53)40-28-14-12-27(13-15-28)39-33(52)35-2/h12-15,49-51H,3-11,16-25H2,1-2H3,(H,36,45)(H,37,46)(H2,35,39,52)(H2,38,40,53). The third-order valence-corrected chi connectivity index (χ3v) is 8.32. The first kappa shape index (κ1) is 46.9. The maximum absolute atomic E-state index is 12.2. The molecule has 298 valence electrons. The molecule has 0 saturated heterocycles. The molecule has 0 aliphatic heterocycles. The zero-order valence-electron chi connectivity index (χ0n) is 30.8. The Kier molecular flexibility index (Phi) is 25.1. The van der Waals surface area contributed by atoms with Crippen molar-refractivity contribution >= 4 is 75.6 Å². The molecule has 0 spiro atoms. The second-order valence-electron chi connectivity index (χ2n) is 12.2. The van der Waals surface area contributed by atoms with Crippen LogP contribution in [0.3, 0.4) is 0 Å². The van der Waals surface area contributed by atoms with E-state index in [-0.39, 0.29) is 57.1 Å². The van der Waals surface area contributed by atoms with Gasteiger partial charge in [0.15, 0.2) is 10.2 Å². The van der Waals surface area contributed by atoms with Gasteiger partial charge in [0.25, 0.3) is 0 Å². The molecule has 9 N–H and O–H groups in total. The van der Waals surface area contributed by atoms with E-state index in [1.165, 1.54) is 6.92 Å². The van der Waals surface area contributed by atoms with Crippen LogP contribution in [0.1, 0.15) is 90.4 Å². The molecule has 0 atom stereocenters. The minimum absolute atomic E-state index is 0.0522. The Morgan fingerprint density at radius 1 is 0.547 bits per heavy atom. The smallest absolute Gasteiger partial charge is 0.246 e. The molecule has 0 aliphatic rings. The number of nitrogens with one attached hydrogen (secondary N) is 6. The van der Waals surface area contributed by atoms with Crippen LogP contribution in [0.25, 0.3) is 0 Å². The molecule has 1 rings (SSSR count). The van der Waals surface area contributed by atoms with Gasteiger partial charge in [-0.3, -0.25) is 39.6 Å². The summed E-state index contributed by atoms with van der Waals surface area (Å²) in [6.45, 7) is 3.16. The SMILES string of the molecule is CNC(=S)Nc1ccc(NC(=S)NCCCCCN(O)C(=O)CCC(=O)NCCCCCN(O)C(=O)CCC(=O)NCCCCCN(O)C(C)=O)cc1. The predicted molar refractivity (Wildman–Crippen MR) is 208 cm³/mol. The van der Waals surface area contributed by atoms with E-state index in [1.54, 1.807) is 7.05 Å². The highest BCUT2D eigenvalue weighted by Gasteiger charge is 2.14. The lowest BCUT2D eigenvalue weighted by molar-refractivity contribution is -0.166. The van der Waals surface area contributed by atoms with Crippen LogP contribution in [0, 0.1) is 0 Å². The van der Waals surface area contributed by atoms with Crippen LogP contribution < -0.4 is 31.9 Å². The number of hydroxylamine groups is 6. The minimum atomic E-state index is -0.558. The van der Waals surface area contributed by atoms with Gasteiger partial charge in [0.05, 0.1) is 0 Å². The van der Waals surface area contributed by atoms with Gasteiger partial charge in [-0.25, -0.2) is 15.2 Å². The molecule has 17 nitrogen and oxygen atoms in total. The first-order valence-electron chi connectivity index (χ1n) is 17.9. The van der Waals surface area contributed by atoms with Gasteiger partial charge in [0, 0.05) is 90.3 Å². The van der Waals surface area contributed by atoms with Gasteiger partial charge in [0.1, 0.15) is 0 Å². The van der Waals surface area contributed by atoms with Crippen LogP contribution in [0.5, 0.6) is 0 Å². The second kappa shape index (κ2) is 28.3. The molecule has 5 amide bonds. The minimum Gasteiger partial charge on any atom is -0.366 e. The van der Waals surface area contributed by atoms with E-state index in [1.807, 2.05) is 24.3 Å². The quantitative estimate of drug-likeness (QED) is 0.0285. The van der Waals surface area contributed by atoms with Crippen molar-refractivity contribution in [1.29, 1.82) is 0 Å². The highest BCUT2D eigenvalue weighted by atomic mass is 32.1. The molecule has 0 radical (unpaired) electrons. The van der Waals surface area contributed by atoms with Crippen molar-refractivity contribution < 1.29 is 39.6 Å². The molecular formula is C34H57N9O8S2. The Morgan fingerprint density at radius 2 is 0.925 bits per heavy atom. The van der Waals surface area contributed by atoms with Gasteiger partial charge in [-0.15, -0.1) is 0 Å². The van der Waals surface area contributed by atoms with Gasteiger partial charge >= 0.3 is 0 Å². The van der Waals surface area contributed by atoms with Crippen molar-refractivity contribution in [3.8, 4) is 0 Å². The summed E-state index contributed by atoms with van der Waals surface area (Å²) in [5, 5.41) is 49.7. The van der Waals surface area contributed by atoms with Gasteiger partial charge in [-0.2, -0.15) is 0 Å². The molecular weight excluding hydrogens is 727 g/mol. The van der Waals surface area contributed by atoms with Crippen molar-refractivity contribution in [3.05, 3.63) is 24.3 Å². The first-order valence-corrected chi connectivity index (χ1v) is 18.8. The highest BCUT2D eigenvalue weighted by Crippen LogP contribution is 2.13. The summed E-state index contributed by atoms with van der Waals surface area (Å²) in [6.07, 6.45) is 5.48. The Hall–Kier alpha value is -4.17. The Balaban J connectivity index is 2.02. The molecule has 0 fully saturated rings. The maximum Gasteiger partial charge on any atom is 0.246 e. The van der Waals surface area contributed by atoms with Crippen molar-refractivity contribution in [2.45, 2.75) is 90.4 Å². The topological polar surface area (TPSA) is 228 Å². The van der Waals surface area contributed by atoms with Crippen LogP contribution in [0.4, 0.5) is 11.4 Å². The second-order valence-corrected chi connectivity index (χ2v) is 13.0. The first-order chi connectivity index (χ1) is 25.3. The number of hydrogen-bond acceptors (Lipinski definition) is 10. The molecule has 53 heavy (non-hydrogen) atoms. The van der Waals surface area contributed by atoms with Gasteiger partial charge < -0.3 is 31.9 Å². The zero-order valence-corrected chi connectivity index (χ0v) is 32.4. The number of amides is 5. The number of thiocarbonyl (C=S) groups is 2. The van der Waals surface area contributed by atoms with E-state index in [4.69, 9.17) is 24.4 Å². The molecule has 0 bridgehead atoms. The molecule has 0 heterocycles. The average Bonchev–Trinajstić information content (AvgIpc) is 3.13. The monoisotopic (exact) mass is 783 g/mol. The summed E-state index contributed by atoms with van der Waals surface area (Å²) >= 11 is 10.4. The third-order valence-electron chi connectivity index (χ3n) is 7.77.